The summed E-state index contributed by atoms with van der Waals surface area (Å²) in [4.78, 5) is 61.0. The zero-order valence-corrected chi connectivity index (χ0v) is 12.2. The Kier molecular flexibility index (Phi) is 2.58. The lowest BCUT2D eigenvalue weighted by Crippen LogP contribution is -2.81. The number of β-lactam (4-membered cyclic amide) rings is 4. The Labute approximate surface area is 135 Å². The monoisotopic (exact) mass is 322 g/mol. The molecule has 4 amide bonds. The van der Waals surface area contributed by atoms with Gasteiger partial charge in [0.2, 0.25) is 23.6 Å². The largest absolute Gasteiger partial charge is 0.294 e. The molecule has 7 nitrogen and oxygen atoms in total. The van der Waals surface area contributed by atoms with Crippen LogP contribution < -0.4 is 10.6 Å². The molecule has 0 unspecified atom stereocenters. The average molecular weight is 322 g/mol. The summed E-state index contributed by atoms with van der Waals surface area (Å²) >= 11 is 0. The van der Waals surface area contributed by atoms with E-state index in [9.17, 15) is 24.0 Å². The number of allylic oxidation sites excluding steroid dienone is 2. The van der Waals surface area contributed by atoms with Gasteiger partial charge in [-0.05, 0) is 6.08 Å². The highest BCUT2D eigenvalue weighted by atomic mass is 16.2. The average Bonchev–Trinajstić information content (AvgIpc) is 2.61. The van der Waals surface area contributed by atoms with E-state index in [2.05, 4.69) is 0 Å². The Balaban J connectivity index is 1.85. The third kappa shape index (κ3) is 1.39. The maximum atomic E-state index is 12.6. The summed E-state index contributed by atoms with van der Waals surface area (Å²) in [5.74, 6) is -3.39. The maximum Gasteiger partial charge on any atom is 0.248 e. The first kappa shape index (κ1) is 14.3. The van der Waals surface area contributed by atoms with E-state index in [0.717, 1.165) is 6.08 Å². The van der Waals surface area contributed by atoms with E-state index in [1.807, 2.05) is 10.6 Å². The molecule has 0 bridgehead atoms. The quantitative estimate of drug-likeness (QED) is 0.439. The predicted molar refractivity (Wildman–Crippen MR) is 79.2 cm³/mol. The van der Waals surface area contributed by atoms with Crippen molar-refractivity contribution in [2.75, 3.05) is 0 Å². The number of fused-ring (bicyclic) bond motifs is 1. The van der Waals surface area contributed by atoms with Gasteiger partial charge in [0.05, 0.1) is 0 Å². The molecule has 7 heteroatoms. The van der Waals surface area contributed by atoms with Crippen LogP contribution in [0, 0.1) is 10.8 Å². The highest BCUT2D eigenvalue weighted by Gasteiger charge is 2.77. The van der Waals surface area contributed by atoms with Gasteiger partial charge in [-0.2, -0.15) is 0 Å². The normalized spacial score (nSPS) is 22.4. The van der Waals surface area contributed by atoms with E-state index in [-0.39, 0.29) is 5.57 Å². The minimum Gasteiger partial charge on any atom is -0.294 e. The van der Waals surface area contributed by atoms with Crippen molar-refractivity contribution in [2.24, 2.45) is 10.8 Å². The molecule has 3 aliphatic rings. The molecule has 2 N–H and O–H groups in total. The number of benzene rings is 1. The van der Waals surface area contributed by atoms with Gasteiger partial charge in [-0.1, -0.05) is 42.5 Å². The molecule has 24 heavy (non-hydrogen) atoms. The molecule has 0 saturated carbocycles. The Hall–Kier alpha value is -3.35. The lowest BCUT2D eigenvalue weighted by molar-refractivity contribution is -0.177. The summed E-state index contributed by atoms with van der Waals surface area (Å²) in [5.41, 5.74) is -3.42. The standard InChI is InChI=1S/C17H10N2O5/c20-11(9-4-2-1-3-5-9)10-6-7-16(12(21)18-13(16)22)17(8-10)14(23)19-15(17)24/h1-8H,(H,18,21,22)(H,19,23,24). The number of ketones is 1. The van der Waals surface area contributed by atoms with Gasteiger partial charge >= 0.3 is 0 Å². The number of carbonyl (C=O) groups excluding carboxylic acids is 5. The Morgan fingerprint density at radius 2 is 1.33 bits per heavy atom. The lowest BCUT2D eigenvalue weighted by atomic mass is 9.52. The fourth-order valence-electron chi connectivity index (χ4n) is 3.32. The molecule has 1 aliphatic carbocycles. The number of amides is 4. The minimum atomic E-state index is -1.99. The number of Topliss-reactive ketones (excluding diaryl/α,β-unsaturated/α-hetero) is 1. The van der Waals surface area contributed by atoms with Crippen molar-refractivity contribution in [2.45, 2.75) is 0 Å². The minimum absolute atomic E-state index is 0.0857. The maximum absolute atomic E-state index is 12.6. The van der Waals surface area contributed by atoms with E-state index < -0.39 is 40.2 Å². The van der Waals surface area contributed by atoms with Crippen molar-refractivity contribution < 1.29 is 24.0 Å². The third-order valence-corrected chi connectivity index (χ3v) is 4.69. The molecular formula is C17H10N2O5. The number of hydrogen-bond donors (Lipinski definition) is 2. The molecule has 118 valence electrons. The predicted octanol–water partition coefficient (Wildman–Crippen LogP) is -0.349. The van der Waals surface area contributed by atoms with E-state index in [0.29, 0.717) is 5.56 Å². The molecule has 2 spiro atoms. The lowest BCUT2D eigenvalue weighted by Gasteiger charge is -2.52. The van der Waals surface area contributed by atoms with Crippen molar-refractivity contribution in [1.29, 1.82) is 0 Å². The van der Waals surface area contributed by atoms with Crippen LogP contribution in [0.25, 0.3) is 0 Å². The molecule has 0 aromatic heterocycles. The van der Waals surface area contributed by atoms with Crippen molar-refractivity contribution in [3.63, 3.8) is 0 Å². The smallest absolute Gasteiger partial charge is 0.248 e. The molecule has 2 fully saturated rings. The highest BCUT2D eigenvalue weighted by Crippen LogP contribution is 2.53. The van der Waals surface area contributed by atoms with Crippen LogP contribution in [-0.4, -0.2) is 29.4 Å². The van der Waals surface area contributed by atoms with Crippen LogP contribution in [0.15, 0.2) is 54.1 Å². The number of imide groups is 2. The Morgan fingerprint density at radius 1 is 0.792 bits per heavy atom. The zero-order valence-electron chi connectivity index (χ0n) is 12.2. The molecule has 1 aromatic carbocycles. The fraction of sp³-hybridized carbons (Fsp3) is 0.118. The van der Waals surface area contributed by atoms with E-state index >= 15 is 0 Å². The summed E-state index contributed by atoms with van der Waals surface area (Å²) in [7, 11) is 0. The van der Waals surface area contributed by atoms with Gasteiger partial charge in [0.25, 0.3) is 0 Å². The van der Waals surface area contributed by atoms with Crippen molar-refractivity contribution in [3.8, 4) is 0 Å². The SMILES string of the molecule is O=C(C1=CC2(C(=O)NC2=O)C2(C=C1)C(=O)NC2=O)c1ccccc1. The molecule has 4 rings (SSSR count). The van der Waals surface area contributed by atoms with Gasteiger partial charge in [0.15, 0.2) is 16.6 Å². The summed E-state index contributed by atoms with van der Waals surface area (Å²) < 4.78 is 0. The van der Waals surface area contributed by atoms with Gasteiger partial charge in [0.1, 0.15) is 0 Å². The van der Waals surface area contributed by atoms with Gasteiger partial charge in [-0.3, -0.25) is 34.6 Å². The summed E-state index contributed by atoms with van der Waals surface area (Å²) in [6.45, 7) is 0. The van der Waals surface area contributed by atoms with E-state index in [1.54, 1.807) is 30.3 Å². The van der Waals surface area contributed by atoms with Crippen LogP contribution in [0.1, 0.15) is 10.4 Å². The van der Waals surface area contributed by atoms with Gasteiger partial charge < -0.3 is 0 Å². The second-order valence-electron chi connectivity index (χ2n) is 5.81. The topological polar surface area (TPSA) is 109 Å². The Morgan fingerprint density at radius 3 is 1.83 bits per heavy atom. The molecule has 2 heterocycles. The number of nitrogens with one attached hydrogen (secondary N) is 2. The fourth-order valence-corrected chi connectivity index (χ4v) is 3.32. The van der Waals surface area contributed by atoms with Crippen LogP contribution in [0.5, 0.6) is 0 Å². The number of rotatable bonds is 2. The van der Waals surface area contributed by atoms with Gasteiger partial charge in [-0.15, -0.1) is 0 Å². The first-order valence-corrected chi connectivity index (χ1v) is 7.17. The van der Waals surface area contributed by atoms with Gasteiger partial charge in [0, 0.05) is 11.1 Å². The molecular weight excluding hydrogens is 312 g/mol. The van der Waals surface area contributed by atoms with Crippen molar-refractivity contribution in [1.82, 2.24) is 10.6 Å². The second-order valence-corrected chi connectivity index (χ2v) is 5.81. The number of carbonyl (C=O) groups is 5. The molecule has 0 radical (unpaired) electrons. The second kappa shape index (κ2) is 4.35. The molecule has 2 aliphatic heterocycles. The molecule has 1 aromatic rings. The van der Waals surface area contributed by atoms with Crippen LogP contribution >= 0.6 is 0 Å². The van der Waals surface area contributed by atoms with Crippen LogP contribution in [0.4, 0.5) is 0 Å². The highest BCUT2D eigenvalue weighted by molar-refractivity contribution is 6.37. The zero-order chi connectivity index (χ0) is 17.1. The van der Waals surface area contributed by atoms with Gasteiger partial charge in [-0.25, -0.2) is 0 Å². The summed E-state index contributed by atoms with van der Waals surface area (Å²) in [5, 5.41) is 4.06. The van der Waals surface area contributed by atoms with Crippen LogP contribution in [0.3, 0.4) is 0 Å². The van der Waals surface area contributed by atoms with E-state index in [4.69, 9.17) is 0 Å². The molecule has 0 atom stereocenters. The van der Waals surface area contributed by atoms with Crippen LogP contribution in [0.2, 0.25) is 0 Å². The van der Waals surface area contributed by atoms with E-state index in [1.165, 1.54) is 12.2 Å². The first-order chi connectivity index (χ1) is 11.4. The Bertz CT molecular complexity index is 882. The van der Waals surface area contributed by atoms with Crippen molar-refractivity contribution in [3.05, 3.63) is 59.7 Å². The first-order valence-electron chi connectivity index (χ1n) is 7.17. The summed E-state index contributed by atoms with van der Waals surface area (Å²) in [6, 6.07) is 8.30. The summed E-state index contributed by atoms with van der Waals surface area (Å²) in [6.07, 6.45) is 3.64. The third-order valence-electron chi connectivity index (χ3n) is 4.69. The molecule has 2 saturated heterocycles. The van der Waals surface area contributed by atoms with Crippen molar-refractivity contribution >= 4 is 29.4 Å². The number of hydrogen-bond acceptors (Lipinski definition) is 5. The van der Waals surface area contributed by atoms with Crippen LogP contribution in [-0.2, 0) is 19.2 Å².